The van der Waals surface area contributed by atoms with Crippen LogP contribution >= 0.6 is 0 Å². The molecule has 4 nitrogen and oxygen atoms in total. The molecular formula is C18H21NO3. The lowest BCUT2D eigenvalue weighted by Crippen LogP contribution is -2.20. The Morgan fingerprint density at radius 3 is 2.68 bits per heavy atom. The second kappa shape index (κ2) is 6.98. The Morgan fingerprint density at radius 2 is 2.05 bits per heavy atom. The summed E-state index contributed by atoms with van der Waals surface area (Å²) in [5, 5.41) is 2.88. The van der Waals surface area contributed by atoms with E-state index in [1.165, 1.54) is 0 Å². The number of rotatable bonds is 5. The van der Waals surface area contributed by atoms with Crippen LogP contribution in [0.3, 0.4) is 0 Å². The maximum atomic E-state index is 12.1. The molecule has 0 radical (unpaired) electrons. The van der Waals surface area contributed by atoms with Crippen LogP contribution < -0.4 is 10.1 Å². The number of methoxy groups -OCH3 is 1. The number of hydrogen-bond acceptors (Lipinski definition) is 3. The molecule has 1 aromatic heterocycles. The summed E-state index contributed by atoms with van der Waals surface area (Å²) in [7, 11) is 1.62. The second-order valence-electron chi connectivity index (χ2n) is 5.18. The Kier molecular flexibility index (Phi) is 5.04. The molecule has 1 amide bonds. The average molecular weight is 299 g/mol. The molecule has 0 atom stereocenters. The van der Waals surface area contributed by atoms with E-state index in [1.54, 1.807) is 13.2 Å². The molecule has 1 aromatic carbocycles. The van der Waals surface area contributed by atoms with Crippen LogP contribution in [0, 0.1) is 13.8 Å². The third kappa shape index (κ3) is 3.79. The minimum atomic E-state index is -0.137. The summed E-state index contributed by atoms with van der Waals surface area (Å²) in [6, 6.07) is 9.57. The van der Waals surface area contributed by atoms with Crippen LogP contribution in [0.4, 0.5) is 0 Å². The van der Waals surface area contributed by atoms with Crippen molar-refractivity contribution >= 4 is 11.5 Å². The molecule has 0 spiro atoms. The van der Waals surface area contributed by atoms with E-state index < -0.39 is 0 Å². The van der Waals surface area contributed by atoms with Crippen molar-refractivity contribution in [2.75, 3.05) is 7.11 Å². The molecule has 0 aliphatic carbocycles. The van der Waals surface area contributed by atoms with E-state index in [0.29, 0.717) is 6.54 Å². The van der Waals surface area contributed by atoms with E-state index in [1.807, 2.05) is 51.1 Å². The van der Waals surface area contributed by atoms with Gasteiger partial charge in [0.2, 0.25) is 5.91 Å². The molecular weight excluding hydrogens is 278 g/mol. The first kappa shape index (κ1) is 15.9. The first-order valence-electron chi connectivity index (χ1n) is 7.16. The van der Waals surface area contributed by atoms with Crippen LogP contribution in [-0.2, 0) is 11.3 Å². The van der Waals surface area contributed by atoms with Gasteiger partial charge < -0.3 is 14.5 Å². The van der Waals surface area contributed by atoms with Gasteiger partial charge in [0.25, 0.3) is 0 Å². The van der Waals surface area contributed by atoms with Crippen molar-refractivity contribution in [1.29, 1.82) is 0 Å². The molecule has 116 valence electrons. The highest BCUT2D eigenvalue weighted by Crippen LogP contribution is 2.25. The normalized spacial score (nSPS) is 11.4. The van der Waals surface area contributed by atoms with E-state index in [-0.39, 0.29) is 5.91 Å². The maximum absolute atomic E-state index is 12.1. The zero-order valence-electron chi connectivity index (χ0n) is 13.4. The molecule has 0 aliphatic rings. The maximum Gasteiger partial charge on any atom is 0.244 e. The van der Waals surface area contributed by atoms with Crippen molar-refractivity contribution in [3.8, 4) is 5.75 Å². The van der Waals surface area contributed by atoms with Crippen molar-refractivity contribution in [2.24, 2.45) is 0 Å². The van der Waals surface area contributed by atoms with Crippen molar-refractivity contribution < 1.29 is 13.9 Å². The van der Waals surface area contributed by atoms with Crippen LogP contribution in [0.25, 0.3) is 5.57 Å². The van der Waals surface area contributed by atoms with Gasteiger partial charge in [-0.15, -0.1) is 0 Å². The summed E-state index contributed by atoms with van der Waals surface area (Å²) < 4.78 is 10.8. The molecule has 1 heterocycles. The first-order valence-corrected chi connectivity index (χ1v) is 7.16. The number of allylic oxidation sites excluding steroid dienone is 1. The Labute approximate surface area is 130 Å². The highest BCUT2D eigenvalue weighted by Gasteiger charge is 2.08. The number of aryl methyl sites for hydroxylation is 2. The highest BCUT2D eigenvalue weighted by atomic mass is 16.5. The molecule has 0 aliphatic heterocycles. The lowest BCUT2D eigenvalue weighted by atomic mass is 10.1. The molecule has 4 heteroatoms. The summed E-state index contributed by atoms with van der Waals surface area (Å²) in [6.07, 6.45) is 1.58. The van der Waals surface area contributed by atoms with Crippen molar-refractivity contribution in [1.82, 2.24) is 5.32 Å². The fourth-order valence-electron chi connectivity index (χ4n) is 2.34. The minimum absolute atomic E-state index is 0.137. The molecule has 0 unspecified atom stereocenters. The number of ether oxygens (including phenoxy) is 1. The Bertz CT molecular complexity index is 698. The van der Waals surface area contributed by atoms with E-state index in [0.717, 1.165) is 34.0 Å². The fourth-order valence-corrected chi connectivity index (χ4v) is 2.34. The van der Waals surface area contributed by atoms with E-state index in [2.05, 4.69) is 5.32 Å². The SMILES string of the molecule is COc1ccccc1/C(C)=C/C(=O)NCc1cc(C)oc1C. The lowest BCUT2D eigenvalue weighted by Gasteiger charge is -2.08. The standard InChI is InChI=1S/C18H21NO3/c1-12(16-7-5-6-8-17(16)21-4)9-18(20)19-11-15-10-13(2)22-14(15)3/h5-10H,11H2,1-4H3,(H,19,20)/b12-9+. The van der Waals surface area contributed by atoms with Crippen LogP contribution in [0.15, 0.2) is 40.8 Å². The van der Waals surface area contributed by atoms with E-state index in [9.17, 15) is 4.79 Å². The van der Waals surface area contributed by atoms with E-state index in [4.69, 9.17) is 9.15 Å². The van der Waals surface area contributed by atoms with Gasteiger partial charge in [-0.1, -0.05) is 18.2 Å². The molecule has 0 fully saturated rings. The summed E-state index contributed by atoms with van der Waals surface area (Å²) >= 11 is 0. The number of nitrogens with one attached hydrogen (secondary N) is 1. The molecule has 0 saturated carbocycles. The fraction of sp³-hybridized carbons (Fsp3) is 0.278. The zero-order chi connectivity index (χ0) is 16.1. The highest BCUT2D eigenvalue weighted by molar-refractivity contribution is 5.95. The summed E-state index contributed by atoms with van der Waals surface area (Å²) in [5.74, 6) is 2.30. The van der Waals surface area contributed by atoms with Gasteiger partial charge in [-0.05, 0) is 38.5 Å². The van der Waals surface area contributed by atoms with Gasteiger partial charge in [0, 0.05) is 23.7 Å². The third-order valence-electron chi connectivity index (χ3n) is 3.48. The summed E-state index contributed by atoms with van der Waals surface area (Å²) in [5.41, 5.74) is 2.76. The van der Waals surface area contributed by atoms with Gasteiger partial charge >= 0.3 is 0 Å². The number of carbonyl (C=O) groups excluding carboxylic acids is 1. The second-order valence-corrected chi connectivity index (χ2v) is 5.18. The van der Waals surface area contributed by atoms with Crippen LogP contribution in [-0.4, -0.2) is 13.0 Å². The third-order valence-corrected chi connectivity index (χ3v) is 3.48. The number of benzene rings is 1. The molecule has 2 aromatic rings. The number of amides is 1. The smallest absolute Gasteiger partial charge is 0.244 e. The molecule has 22 heavy (non-hydrogen) atoms. The predicted octanol–water partition coefficient (Wildman–Crippen LogP) is 3.62. The lowest BCUT2D eigenvalue weighted by molar-refractivity contribution is -0.116. The van der Waals surface area contributed by atoms with Crippen LogP contribution in [0.2, 0.25) is 0 Å². The monoisotopic (exact) mass is 299 g/mol. The van der Waals surface area contributed by atoms with Gasteiger partial charge in [0.05, 0.1) is 7.11 Å². The molecule has 0 saturated heterocycles. The van der Waals surface area contributed by atoms with Gasteiger partial charge in [-0.3, -0.25) is 4.79 Å². The van der Waals surface area contributed by atoms with Gasteiger partial charge in [0.1, 0.15) is 17.3 Å². The van der Waals surface area contributed by atoms with Gasteiger partial charge in [0.15, 0.2) is 0 Å². The number of carbonyl (C=O) groups is 1. The van der Waals surface area contributed by atoms with Gasteiger partial charge in [-0.2, -0.15) is 0 Å². The van der Waals surface area contributed by atoms with Crippen molar-refractivity contribution in [2.45, 2.75) is 27.3 Å². The van der Waals surface area contributed by atoms with Gasteiger partial charge in [-0.25, -0.2) is 0 Å². The minimum Gasteiger partial charge on any atom is -0.496 e. The summed E-state index contributed by atoms with van der Waals surface area (Å²) in [4.78, 5) is 12.1. The molecule has 0 bridgehead atoms. The largest absolute Gasteiger partial charge is 0.496 e. The molecule has 1 N–H and O–H groups in total. The average Bonchev–Trinajstić information content (AvgIpc) is 2.82. The predicted molar refractivity (Wildman–Crippen MR) is 86.7 cm³/mol. The first-order chi connectivity index (χ1) is 10.5. The summed E-state index contributed by atoms with van der Waals surface area (Å²) in [6.45, 7) is 6.14. The topological polar surface area (TPSA) is 51.5 Å². The van der Waals surface area contributed by atoms with Crippen molar-refractivity contribution in [3.05, 3.63) is 59.1 Å². The molecule has 2 rings (SSSR count). The Morgan fingerprint density at radius 1 is 1.32 bits per heavy atom. The Hall–Kier alpha value is -2.49. The number of furan rings is 1. The zero-order valence-corrected chi connectivity index (χ0v) is 13.4. The van der Waals surface area contributed by atoms with Crippen LogP contribution in [0.1, 0.15) is 29.6 Å². The Balaban J connectivity index is 2.05. The van der Waals surface area contributed by atoms with E-state index >= 15 is 0 Å². The van der Waals surface area contributed by atoms with Crippen molar-refractivity contribution in [3.63, 3.8) is 0 Å². The number of hydrogen-bond donors (Lipinski definition) is 1. The van der Waals surface area contributed by atoms with Crippen LogP contribution in [0.5, 0.6) is 5.75 Å². The quantitative estimate of drug-likeness (QED) is 0.858. The number of para-hydroxylation sites is 1.